The second-order valence-electron chi connectivity index (χ2n) is 6.71. The number of halogens is 2. The van der Waals surface area contributed by atoms with Crippen LogP contribution < -0.4 is 10.1 Å². The Morgan fingerprint density at radius 1 is 1.07 bits per heavy atom. The number of hydrogen-bond donors (Lipinski definition) is 1. The van der Waals surface area contributed by atoms with Crippen LogP contribution >= 0.6 is 11.6 Å². The molecule has 0 unspecified atom stereocenters. The number of nitrogens with one attached hydrogen (secondary N) is 1. The average molecular weight is 391 g/mol. The van der Waals surface area contributed by atoms with E-state index in [1.165, 1.54) is 50.6 Å². The molecule has 6 heteroatoms. The second-order valence-corrected chi connectivity index (χ2v) is 7.12. The first-order chi connectivity index (χ1) is 13.1. The van der Waals surface area contributed by atoms with Crippen molar-refractivity contribution in [3.8, 4) is 11.5 Å². The molecule has 1 amide bonds. The Morgan fingerprint density at radius 2 is 1.78 bits per heavy atom. The largest absolute Gasteiger partial charge is 0.457 e. The van der Waals surface area contributed by atoms with Crippen LogP contribution in [0, 0.1) is 5.82 Å². The number of rotatable bonds is 7. The Kier molecular flexibility index (Phi) is 7.07. The number of benzene rings is 2. The topological polar surface area (TPSA) is 41.6 Å². The lowest BCUT2D eigenvalue weighted by Crippen LogP contribution is -2.33. The quantitative estimate of drug-likeness (QED) is 0.685. The summed E-state index contributed by atoms with van der Waals surface area (Å²) in [5.74, 6) is 0.414. The van der Waals surface area contributed by atoms with Gasteiger partial charge in [0.05, 0.1) is 5.02 Å². The molecule has 1 aliphatic rings. The molecule has 2 aromatic rings. The fourth-order valence-corrected chi connectivity index (χ4v) is 3.31. The van der Waals surface area contributed by atoms with Gasteiger partial charge in [-0.3, -0.25) is 4.79 Å². The smallest absolute Gasteiger partial charge is 0.251 e. The van der Waals surface area contributed by atoms with E-state index in [1.807, 2.05) is 0 Å². The summed E-state index contributed by atoms with van der Waals surface area (Å²) >= 11 is 5.75. The molecule has 1 fully saturated rings. The van der Waals surface area contributed by atoms with Crippen molar-refractivity contribution >= 4 is 17.5 Å². The third-order valence-electron chi connectivity index (χ3n) is 4.63. The molecule has 0 aromatic heterocycles. The van der Waals surface area contributed by atoms with Crippen LogP contribution in [-0.2, 0) is 0 Å². The summed E-state index contributed by atoms with van der Waals surface area (Å²) in [6.07, 6.45) is 4.86. The number of amides is 1. The van der Waals surface area contributed by atoms with E-state index < -0.39 is 5.82 Å². The van der Waals surface area contributed by atoms with Gasteiger partial charge >= 0.3 is 0 Å². The number of ether oxygens (including phenoxy) is 1. The van der Waals surface area contributed by atoms with Crippen LogP contribution in [0.2, 0.25) is 5.02 Å². The van der Waals surface area contributed by atoms with Crippen LogP contribution in [0.5, 0.6) is 11.5 Å². The van der Waals surface area contributed by atoms with Crippen LogP contribution in [-0.4, -0.2) is 37.0 Å². The van der Waals surface area contributed by atoms with Crippen LogP contribution in [0.15, 0.2) is 42.5 Å². The Balaban J connectivity index is 1.44. The van der Waals surface area contributed by atoms with Crippen molar-refractivity contribution in [2.45, 2.75) is 25.7 Å². The molecule has 27 heavy (non-hydrogen) atoms. The highest BCUT2D eigenvalue weighted by molar-refractivity contribution is 6.30. The van der Waals surface area contributed by atoms with E-state index in [1.54, 1.807) is 24.3 Å². The summed E-state index contributed by atoms with van der Waals surface area (Å²) in [7, 11) is 0. The molecule has 4 nitrogen and oxygen atoms in total. The molecule has 1 N–H and O–H groups in total. The van der Waals surface area contributed by atoms with Crippen LogP contribution in [0.4, 0.5) is 4.39 Å². The van der Waals surface area contributed by atoms with Gasteiger partial charge in [0.25, 0.3) is 5.91 Å². The lowest BCUT2D eigenvalue weighted by atomic mass is 10.1. The average Bonchev–Trinajstić information content (AvgIpc) is 2.69. The van der Waals surface area contributed by atoms with Gasteiger partial charge in [0, 0.05) is 18.2 Å². The molecule has 0 spiro atoms. The summed E-state index contributed by atoms with van der Waals surface area (Å²) < 4.78 is 18.8. The molecule has 0 aliphatic carbocycles. The molecule has 3 rings (SSSR count). The van der Waals surface area contributed by atoms with Gasteiger partial charge in [0.2, 0.25) is 0 Å². The van der Waals surface area contributed by atoms with Crippen LogP contribution in [0.3, 0.4) is 0 Å². The van der Waals surface area contributed by atoms with Crippen molar-refractivity contribution < 1.29 is 13.9 Å². The van der Waals surface area contributed by atoms with E-state index in [4.69, 9.17) is 16.3 Å². The molecule has 1 saturated heterocycles. The fourth-order valence-electron chi connectivity index (χ4n) is 3.14. The maximum absolute atomic E-state index is 13.2. The van der Waals surface area contributed by atoms with E-state index in [0.717, 1.165) is 13.0 Å². The first-order valence-electron chi connectivity index (χ1n) is 9.35. The van der Waals surface area contributed by atoms with Gasteiger partial charge in [-0.1, -0.05) is 18.0 Å². The minimum Gasteiger partial charge on any atom is -0.457 e. The van der Waals surface area contributed by atoms with Gasteiger partial charge in [0.15, 0.2) is 0 Å². The van der Waals surface area contributed by atoms with E-state index in [-0.39, 0.29) is 10.9 Å². The van der Waals surface area contributed by atoms with Crippen LogP contribution in [0.25, 0.3) is 0 Å². The zero-order valence-corrected chi connectivity index (χ0v) is 16.0. The first kappa shape index (κ1) is 19.6. The third kappa shape index (κ3) is 5.94. The van der Waals surface area contributed by atoms with Crippen molar-refractivity contribution in [2.24, 2.45) is 0 Å². The van der Waals surface area contributed by atoms with E-state index in [9.17, 15) is 9.18 Å². The van der Waals surface area contributed by atoms with Gasteiger partial charge in [-0.15, -0.1) is 0 Å². The highest BCUT2D eigenvalue weighted by Gasteiger charge is 2.10. The summed E-state index contributed by atoms with van der Waals surface area (Å²) in [4.78, 5) is 14.7. The van der Waals surface area contributed by atoms with Crippen molar-refractivity contribution in [2.75, 3.05) is 26.2 Å². The summed E-state index contributed by atoms with van der Waals surface area (Å²) in [6, 6.07) is 11.0. The summed E-state index contributed by atoms with van der Waals surface area (Å²) in [5.41, 5.74) is 0.581. The van der Waals surface area contributed by atoms with Crippen molar-refractivity contribution in [1.29, 1.82) is 0 Å². The Bertz CT molecular complexity index is 761. The number of likely N-dealkylation sites (tertiary alicyclic amines) is 1. The predicted octanol–water partition coefficient (Wildman–Crippen LogP) is 4.88. The number of nitrogens with zero attached hydrogens (tertiary/aromatic N) is 1. The number of carbonyl (C=O) groups is 1. The van der Waals surface area contributed by atoms with Gasteiger partial charge in [0.1, 0.15) is 17.3 Å². The fraction of sp³-hybridized carbons (Fsp3) is 0.381. The molecular weight excluding hydrogens is 367 g/mol. The molecule has 0 saturated carbocycles. The minimum atomic E-state index is -0.490. The Morgan fingerprint density at radius 3 is 2.48 bits per heavy atom. The van der Waals surface area contributed by atoms with E-state index in [0.29, 0.717) is 23.6 Å². The normalized spacial score (nSPS) is 14.7. The predicted molar refractivity (Wildman–Crippen MR) is 105 cm³/mol. The molecule has 0 atom stereocenters. The molecule has 0 bridgehead atoms. The monoisotopic (exact) mass is 390 g/mol. The highest BCUT2D eigenvalue weighted by Crippen LogP contribution is 2.26. The number of piperidine rings is 1. The second kappa shape index (κ2) is 9.72. The van der Waals surface area contributed by atoms with Gasteiger partial charge in [-0.25, -0.2) is 4.39 Å². The molecule has 1 aliphatic heterocycles. The molecule has 0 radical (unpaired) electrons. The lowest BCUT2D eigenvalue weighted by Gasteiger charge is -2.26. The van der Waals surface area contributed by atoms with Gasteiger partial charge in [-0.2, -0.15) is 0 Å². The van der Waals surface area contributed by atoms with E-state index in [2.05, 4.69) is 10.2 Å². The van der Waals surface area contributed by atoms with Crippen LogP contribution in [0.1, 0.15) is 36.0 Å². The summed E-state index contributed by atoms with van der Waals surface area (Å²) in [5, 5.41) is 2.96. The van der Waals surface area contributed by atoms with Gasteiger partial charge < -0.3 is 15.0 Å². The molecule has 1 heterocycles. The molecule has 144 valence electrons. The maximum Gasteiger partial charge on any atom is 0.251 e. The molecule has 2 aromatic carbocycles. The Hall–Kier alpha value is -2.11. The molecular formula is C21H24ClFN2O2. The first-order valence-corrected chi connectivity index (χ1v) is 9.73. The van der Waals surface area contributed by atoms with Crippen molar-refractivity contribution in [3.05, 3.63) is 58.9 Å². The number of hydrogen-bond acceptors (Lipinski definition) is 3. The lowest BCUT2D eigenvalue weighted by molar-refractivity contribution is 0.0951. The van der Waals surface area contributed by atoms with Crippen molar-refractivity contribution in [3.63, 3.8) is 0 Å². The van der Waals surface area contributed by atoms with Gasteiger partial charge in [-0.05, 0) is 75.3 Å². The highest BCUT2D eigenvalue weighted by atomic mass is 35.5. The standard InChI is InChI=1S/C21H24ClFN2O2/c22-19-15-18(9-10-20(19)23)27-17-7-5-16(6-8-17)21(26)24-11-4-14-25-12-2-1-3-13-25/h5-10,15H,1-4,11-14H2,(H,24,26). The minimum absolute atomic E-state index is 0.00745. The maximum atomic E-state index is 13.2. The Labute approximate surface area is 164 Å². The van der Waals surface area contributed by atoms with E-state index >= 15 is 0 Å². The zero-order valence-electron chi connectivity index (χ0n) is 15.2. The van der Waals surface area contributed by atoms with Crippen molar-refractivity contribution in [1.82, 2.24) is 10.2 Å². The number of carbonyl (C=O) groups excluding carboxylic acids is 1. The summed E-state index contributed by atoms with van der Waals surface area (Å²) in [6.45, 7) is 4.05. The third-order valence-corrected chi connectivity index (χ3v) is 4.92. The SMILES string of the molecule is O=C(NCCCN1CCCCC1)c1ccc(Oc2ccc(F)c(Cl)c2)cc1. The zero-order chi connectivity index (χ0) is 19.1.